The maximum absolute atomic E-state index is 11.6. The Hall–Kier alpha value is -1.27. The Balaban J connectivity index is 2.49. The van der Waals surface area contributed by atoms with Crippen molar-refractivity contribution in [2.75, 3.05) is 0 Å². The molecule has 18 heavy (non-hydrogen) atoms. The van der Waals surface area contributed by atoms with Gasteiger partial charge in [-0.15, -0.1) is 12.3 Å². The third-order valence-corrected chi connectivity index (χ3v) is 3.95. The molecule has 0 N–H and O–H groups in total. The smallest absolute Gasteiger partial charge is 0.320 e. The van der Waals surface area contributed by atoms with Crippen molar-refractivity contribution in [2.24, 2.45) is 5.92 Å². The summed E-state index contributed by atoms with van der Waals surface area (Å²) in [6.07, 6.45) is 5.86. The molecule has 1 aromatic carbocycles. The van der Waals surface area contributed by atoms with Crippen LogP contribution in [0, 0.1) is 18.3 Å². The van der Waals surface area contributed by atoms with Gasteiger partial charge >= 0.3 is 5.97 Å². The Labute approximate surface area is 117 Å². The Morgan fingerprint density at radius 2 is 1.89 bits per heavy atom. The molecule has 1 rings (SSSR count). The number of carbonyl (C=O) groups is 1. The lowest BCUT2D eigenvalue weighted by Crippen LogP contribution is -2.22. The lowest BCUT2D eigenvalue weighted by molar-refractivity contribution is -0.144. The van der Waals surface area contributed by atoms with Crippen LogP contribution in [0.2, 0.25) is 0 Å². The van der Waals surface area contributed by atoms with Crippen molar-refractivity contribution in [2.45, 2.75) is 31.7 Å². The minimum absolute atomic E-state index is 0.218. The van der Waals surface area contributed by atoms with Crippen LogP contribution in [0.25, 0.3) is 0 Å². The van der Waals surface area contributed by atoms with Crippen LogP contribution in [0.5, 0.6) is 0 Å². The summed E-state index contributed by atoms with van der Waals surface area (Å²) in [6.45, 7) is 4.23. The zero-order chi connectivity index (χ0) is 13.5. The van der Waals surface area contributed by atoms with Gasteiger partial charge in [-0.25, -0.2) is 0 Å². The summed E-state index contributed by atoms with van der Waals surface area (Å²) in [5, 5.41) is 0. The van der Waals surface area contributed by atoms with Crippen molar-refractivity contribution in [1.82, 2.24) is 0 Å². The van der Waals surface area contributed by atoms with Gasteiger partial charge in [0.15, 0.2) is 0 Å². The first kappa shape index (κ1) is 14.8. The van der Waals surface area contributed by atoms with E-state index in [1.807, 2.05) is 38.1 Å². The standard InChI is InChI=1S/C15H17BrO2/c1-4-5-12-6-8-13(9-7-12)10-18-15(17)14(16)11(2)3/h1,6-9,11,14H,5,10H2,2-3H3. The van der Waals surface area contributed by atoms with E-state index in [-0.39, 0.29) is 16.7 Å². The van der Waals surface area contributed by atoms with Crippen LogP contribution >= 0.6 is 15.9 Å². The third kappa shape index (κ3) is 4.54. The molecule has 0 radical (unpaired) electrons. The van der Waals surface area contributed by atoms with Crippen LogP contribution in [0.3, 0.4) is 0 Å². The number of halogens is 1. The van der Waals surface area contributed by atoms with Crippen LogP contribution in [-0.2, 0) is 22.6 Å². The van der Waals surface area contributed by atoms with E-state index >= 15 is 0 Å². The van der Waals surface area contributed by atoms with Crippen LogP contribution in [0.15, 0.2) is 24.3 Å². The lowest BCUT2D eigenvalue weighted by atomic mass is 10.1. The topological polar surface area (TPSA) is 26.3 Å². The van der Waals surface area contributed by atoms with Gasteiger partial charge in [0, 0.05) is 6.42 Å². The summed E-state index contributed by atoms with van der Waals surface area (Å²) in [6, 6.07) is 7.77. The molecule has 0 saturated heterocycles. The summed E-state index contributed by atoms with van der Waals surface area (Å²) < 4.78 is 5.22. The molecule has 0 aliphatic carbocycles. The molecule has 0 aliphatic rings. The fourth-order valence-electron chi connectivity index (χ4n) is 1.38. The van der Waals surface area contributed by atoms with Crippen molar-refractivity contribution in [3.8, 4) is 12.3 Å². The van der Waals surface area contributed by atoms with Crippen molar-refractivity contribution in [1.29, 1.82) is 0 Å². The zero-order valence-corrected chi connectivity index (χ0v) is 12.2. The Morgan fingerprint density at radius 3 is 2.39 bits per heavy atom. The number of carbonyl (C=O) groups excluding carboxylic acids is 1. The Kier molecular flexibility index (Phi) is 5.94. The number of esters is 1. The number of hydrogen-bond donors (Lipinski definition) is 0. The average Bonchev–Trinajstić information content (AvgIpc) is 2.37. The first-order valence-corrected chi connectivity index (χ1v) is 6.78. The molecule has 0 saturated carbocycles. The molecule has 0 amide bonds. The molecule has 0 aromatic heterocycles. The van der Waals surface area contributed by atoms with Gasteiger partial charge in [-0.1, -0.05) is 54.0 Å². The molecule has 1 atom stereocenters. The van der Waals surface area contributed by atoms with Crippen molar-refractivity contribution in [3.05, 3.63) is 35.4 Å². The van der Waals surface area contributed by atoms with Crippen LogP contribution in [0.1, 0.15) is 25.0 Å². The first-order chi connectivity index (χ1) is 8.54. The van der Waals surface area contributed by atoms with E-state index in [9.17, 15) is 4.79 Å². The Bertz CT molecular complexity index is 429. The van der Waals surface area contributed by atoms with Gasteiger partial charge in [-0.2, -0.15) is 0 Å². The van der Waals surface area contributed by atoms with Gasteiger partial charge in [0.1, 0.15) is 11.4 Å². The van der Waals surface area contributed by atoms with Crippen molar-refractivity contribution in [3.63, 3.8) is 0 Å². The minimum Gasteiger partial charge on any atom is -0.460 e. The SMILES string of the molecule is C#CCc1ccc(COC(=O)C(Br)C(C)C)cc1. The number of terminal acetylenes is 1. The second-order valence-corrected chi connectivity index (χ2v) is 5.44. The monoisotopic (exact) mass is 308 g/mol. The number of hydrogen-bond acceptors (Lipinski definition) is 2. The highest BCUT2D eigenvalue weighted by atomic mass is 79.9. The van der Waals surface area contributed by atoms with Gasteiger partial charge in [-0.05, 0) is 17.0 Å². The molecule has 1 aromatic rings. The predicted octanol–water partition coefficient (Wildman–Crippen LogP) is 3.33. The molecule has 1 unspecified atom stereocenters. The summed E-state index contributed by atoms with van der Waals surface area (Å²) in [7, 11) is 0. The highest BCUT2D eigenvalue weighted by Gasteiger charge is 2.19. The van der Waals surface area contributed by atoms with E-state index in [1.165, 1.54) is 0 Å². The molecule has 2 nitrogen and oxygen atoms in total. The quantitative estimate of drug-likeness (QED) is 0.474. The summed E-state index contributed by atoms with van der Waals surface area (Å²) >= 11 is 3.32. The maximum Gasteiger partial charge on any atom is 0.320 e. The van der Waals surface area contributed by atoms with E-state index in [1.54, 1.807) is 0 Å². The number of rotatable bonds is 5. The van der Waals surface area contributed by atoms with E-state index < -0.39 is 0 Å². The van der Waals surface area contributed by atoms with Gasteiger partial charge < -0.3 is 4.74 Å². The van der Waals surface area contributed by atoms with Gasteiger partial charge in [0.05, 0.1) is 0 Å². The van der Waals surface area contributed by atoms with E-state index in [0.29, 0.717) is 13.0 Å². The molecule has 0 fully saturated rings. The molecule has 0 aliphatic heterocycles. The van der Waals surface area contributed by atoms with E-state index in [4.69, 9.17) is 11.2 Å². The highest BCUT2D eigenvalue weighted by molar-refractivity contribution is 9.10. The predicted molar refractivity (Wildman–Crippen MR) is 76.3 cm³/mol. The third-order valence-electron chi connectivity index (χ3n) is 2.52. The summed E-state index contributed by atoms with van der Waals surface area (Å²) in [5.41, 5.74) is 2.06. The molecular formula is C15H17BrO2. The van der Waals surface area contributed by atoms with Gasteiger partial charge in [-0.3, -0.25) is 4.79 Å². The normalized spacial score (nSPS) is 11.9. The van der Waals surface area contributed by atoms with Crippen LogP contribution < -0.4 is 0 Å². The van der Waals surface area contributed by atoms with Crippen LogP contribution in [0.4, 0.5) is 0 Å². The molecule has 0 heterocycles. The molecule has 0 spiro atoms. The largest absolute Gasteiger partial charge is 0.460 e. The summed E-state index contributed by atoms with van der Waals surface area (Å²) in [4.78, 5) is 11.4. The van der Waals surface area contributed by atoms with Gasteiger partial charge in [0.25, 0.3) is 0 Å². The molecule has 96 valence electrons. The number of ether oxygens (including phenoxy) is 1. The number of benzene rings is 1. The van der Waals surface area contributed by atoms with Crippen molar-refractivity contribution >= 4 is 21.9 Å². The van der Waals surface area contributed by atoms with E-state index in [2.05, 4.69) is 21.9 Å². The zero-order valence-electron chi connectivity index (χ0n) is 10.7. The maximum atomic E-state index is 11.6. The highest BCUT2D eigenvalue weighted by Crippen LogP contribution is 2.15. The van der Waals surface area contributed by atoms with Crippen LogP contribution in [-0.4, -0.2) is 10.8 Å². The molecule has 0 bridgehead atoms. The van der Waals surface area contributed by atoms with E-state index in [0.717, 1.165) is 11.1 Å². The molecule has 3 heteroatoms. The van der Waals surface area contributed by atoms with Gasteiger partial charge in [0.2, 0.25) is 0 Å². The van der Waals surface area contributed by atoms with Crippen molar-refractivity contribution < 1.29 is 9.53 Å². The summed E-state index contributed by atoms with van der Waals surface area (Å²) in [5.74, 6) is 2.58. The minimum atomic E-state index is -0.252. The fraction of sp³-hybridized carbons (Fsp3) is 0.400. The number of alkyl halides is 1. The second-order valence-electron chi connectivity index (χ2n) is 4.45. The Morgan fingerprint density at radius 1 is 1.33 bits per heavy atom. The molecular weight excluding hydrogens is 292 g/mol. The first-order valence-electron chi connectivity index (χ1n) is 5.86. The lowest BCUT2D eigenvalue weighted by Gasteiger charge is -2.13. The fourth-order valence-corrected chi connectivity index (χ4v) is 1.51. The average molecular weight is 309 g/mol. The second kappa shape index (κ2) is 7.23.